The van der Waals surface area contributed by atoms with Gasteiger partial charge in [0.1, 0.15) is 33.6 Å². The molecule has 4 aliphatic carbocycles. The maximum Gasteiger partial charge on any atom is 0.337 e. The lowest BCUT2D eigenvalue weighted by Gasteiger charge is -2.11. The van der Waals surface area contributed by atoms with Crippen LogP contribution in [-0.2, 0) is 19.3 Å². The summed E-state index contributed by atoms with van der Waals surface area (Å²) in [7, 11) is 0. The third-order valence-electron chi connectivity index (χ3n) is 15.1. The molecule has 6 heterocycles. The fourth-order valence-electron chi connectivity index (χ4n) is 11.1. The number of hydrogen-bond donors (Lipinski definition) is 3. The molecule has 7 unspecified atom stereocenters. The van der Waals surface area contributed by atoms with Crippen LogP contribution < -0.4 is 33.6 Å². The first-order valence-corrected chi connectivity index (χ1v) is 25.8. The van der Waals surface area contributed by atoms with Gasteiger partial charge in [-0.2, -0.15) is 15.0 Å². The number of unbranched alkanes of at least 4 members (excludes halogenated alkanes) is 1. The number of fused-ring (bicyclic) bond motifs is 3. The fourth-order valence-corrected chi connectivity index (χ4v) is 11.1. The zero-order valence-electron chi connectivity index (χ0n) is 41.6. The Kier molecular flexibility index (Phi) is 16.5. The van der Waals surface area contributed by atoms with Crippen LogP contribution in [0.5, 0.6) is 0 Å². The molecule has 6 aromatic heterocycles. The van der Waals surface area contributed by atoms with Gasteiger partial charge in [-0.3, -0.25) is 14.4 Å². The molecule has 4 fully saturated rings. The van der Waals surface area contributed by atoms with Gasteiger partial charge in [-0.05, 0) is 131 Å². The van der Waals surface area contributed by atoms with Gasteiger partial charge in [0.25, 0.3) is 16.7 Å². The van der Waals surface area contributed by atoms with Crippen molar-refractivity contribution in [3.8, 4) is 0 Å². The highest BCUT2D eigenvalue weighted by atomic mass is 19.3. The van der Waals surface area contributed by atoms with Crippen LogP contribution in [0.25, 0.3) is 33.3 Å². The number of nitrogens with one attached hydrogen (secondary N) is 3. The number of alkyl halides is 5. The summed E-state index contributed by atoms with van der Waals surface area (Å²) >= 11 is 0. The van der Waals surface area contributed by atoms with Gasteiger partial charge >= 0.3 is 16.9 Å². The predicted molar refractivity (Wildman–Crippen MR) is 263 cm³/mol. The lowest BCUT2D eigenvalue weighted by molar-refractivity contribution is 0.00508. The molecule has 0 radical (unpaired) electrons. The van der Waals surface area contributed by atoms with Crippen LogP contribution in [0.4, 0.5) is 22.0 Å². The molecule has 4 aliphatic rings. The lowest BCUT2D eigenvalue weighted by Crippen LogP contribution is -2.18. The molecular weight excluding hydrogens is 960 g/mol. The third kappa shape index (κ3) is 13.2. The number of aromatic amines is 3. The molecule has 15 nitrogen and oxygen atoms in total. The van der Waals surface area contributed by atoms with E-state index in [0.29, 0.717) is 41.9 Å². The number of hydrogen-bond acceptors (Lipinski definition) is 12. The van der Waals surface area contributed by atoms with Crippen molar-refractivity contribution >= 4 is 33.3 Å². The van der Waals surface area contributed by atoms with Crippen LogP contribution in [0.2, 0.25) is 0 Å². The third-order valence-corrected chi connectivity index (χ3v) is 15.1. The monoisotopic (exact) mass is 1020 g/mol. The Labute approximate surface area is 415 Å². The summed E-state index contributed by atoms with van der Waals surface area (Å²) in [5, 5.41) is 0.561. The molecule has 0 amide bonds. The SMILES string of the molecule is CC(F)c1nc2oc(=O)cc(CCCC3CC3C3CCCC3)c2c(=O)[nH]1.CC(F)c1nc2oc(=O)cc(C[C@H]3CCC(F)(F)C3)c2c(=O)[nH]1.CCCCC1CC1CCc1cc(=O)oc2nc(C(C)F)[nH]c(=O)c12. The van der Waals surface area contributed by atoms with E-state index >= 15 is 0 Å². The van der Waals surface area contributed by atoms with Crippen molar-refractivity contribution < 1.29 is 35.2 Å². The van der Waals surface area contributed by atoms with E-state index < -0.39 is 58.0 Å². The zero-order chi connectivity index (χ0) is 52.3. The molecule has 0 bridgehead atoms. The lowest BCUT2D eigenvalue weighted by atomic mass is 9.97. The molecule has 20 heteroatoms. The Balaban J connectivity index is 0.000000146. The fraction of sp³-hybridized carbons (Fsp3) is 0.604. The number of H-pyrrole nitrogens is 3. The van der Waals surface area contributed by atoms with E-state index in [1.165, 1.54) is 90.7 Å². The Morgan fingerprint density at radius 2 is 1.05 bits per heavy atom. The maximum atomic E-state index is 13.5. The topological polar surface area (TPSA) is 228 Å². The van der Waals surface area contributed by atoms with Crippen LogP contribution in [0.15, 0.2) is 60.2 Å². The van der Waals surface area contributed by atoms with E-state index in [1.54, 1.807) is 0 Å². The molecule has 0 aromatic carbocycles. The Bertz CT molecular complexity index is 3300. The van der Waals surface area contributed by atoms with Crippen LogP contribution in [0, 0.1) is 35.5 Å². The highest BCUT2D eigenvalue weighted by molar-refractivity contribution is 5.77. The van der Waals surface area contributed by atoms with Crippen molar-refractivity contribution in [2.75, 3.05) is 0 Å². The number of halogens is 5. The minimum Gasteiger partial charge on any atom is -0.403 e. The first kappa shape index (κ1) is 53.2. The van der Waals surface area contributed by atoms with E-state index in [1.807, 2.05) is 0 Å². The molecule has 8 atom stereocenters. The normalized spacial score (nSPS) is 22.4. The molecule has 73 heavy (non-hydrogen) atoms. The van der Waals surface area contributed by atoms with Crippen LogP contribution in [0.1, 0.15) is 177 Å². The van der Waals surface area contributed by atoms with Crippen molar-refractivity contribution in [1.82, 2.24) is 29.9 Å². The second-order valence-electron chi connectivity index (χ2n) is 20.7. The quantitative estimate of drug-likeness (QED) is 0.0769. The minimum absolute atomic E-state index is 0.0178. The molecule has 0 saturated heterocycles. The average Bonchev–Trinajstić information content (AvgIpc) is 4.16. The number of nitrogens with zero attached hydrogens (tertiary/aromatic N) is 3. The van der Waals surface area contributed by atoms with Crippen molar-refractivity contribution in [3.63, 3.8) is 0 Å². The minimum atomic E-state index is -2.71. The number of aryl methyl sites for hydroxylation is 2. The molecule has 3 N–H and O–H groups in total. The van der Waals surface area contributed by atoms with Crippen LogP contribution >= 0.6 is 0 Å². The van der Waals surface area contributed by atoms with Crippen molar-refractivity contribution in [1.29, 1.82) is 0 Å². The predicted octanol–water partition coefficient (Wildman–Crippen LogP) is 10.6. The van der Waals surface area contributed by atoms with Gasteiger partial charge in [-0.15, -0.1) is 0 Å². The molecule has 4 saturated carbocycles. The maximum absolute atomic E-state index is 13.5. The van der Waals surface area contributed by atoms with Gasteiger partial charge in [0.15, 0.2) is 18.5 Å². The first-order chi connectivity index (χ1) is 34.8. The molecule has 6 aromatic rings. The second kappa shape index (κ2) is 22.6. The zero-order valence-corrected chi connectivity index (χ0v) is 41.6. The second-order valence-corrected chi connectivity index (χ2v) is 20.7. The van der Waals surface area contributed by atoms with E-state index in [0.717, 1.165) is 49.0 Å². The van der Waals surface area contributed by atoms with Crippen LogP contribution in [-0.4, -0.2) is 35.8 Å². The van der Waals surface area contributed by atoms with E-state index in [2.05, 4.69) is 36.8 Å². The number of aromatic nitrogens is 6. The summed E-state index contributed by atoms with van der Waals surface area (Å²) in [5.41, 5.74) is -2.15. The Hall–Kier alpha value is -6.08. The Morgan fingerprint density at radius 1 is 0.603 bits per heavy atom. The molecule has 10 rings (SSSR count). The summed E-state index contributed by atoms with van der Waals surface area (Å²) in [6.07, 6.45) is 11.8. The highest BCUT2D eigenvalue weighted by Crippen LogP contribution is 2.52. The largest absolute Gasteiger partial charge is 0.403 e. The van der Waals surface area contributed by atoms with Crippen molar-refractivity contribution in [3.05, 3.63) is 115 Å². The molecule has 0 spiro atoms. The summed E-state index contributed by atoms with van der Waals surface area (Å²) in [5.74, 6) is 0.592. The summed E-state index contributed by atoms with van der Waals surface area (Å²) in [4.78, 5) is 91.0. The summed E-state index contributed by atoms with van der Waals surface area (Å²) in [6.45, 7) is 5.93. The molecular formula is C53H63F5N6O9. The number of rotatable bonds is 16. The van der Waals surface area contributed by atoms with Gasteiger partial charge in [-0.1, -0.05) is 51.9 Å². The Morgan fingerprint density at radius 3 is 1.52 bits per heavy atom. The summed E-state index contributed by atoms with van der Waals surface area (Å²) < 4.78 is 81.7. The molecule has 394 valence electrons. The van der Waals surface area contributed by atoms with E-state index in [9.17, 15) is 50.7 Å². The van der Waals surface area contributed by atoms with Gasteiger partial charge in [0.2, 0.25) is 23.1 Å². The van der Waals surface area contributed by atoms with Gasteiger partial charge in [-0.25, -0.2) is 36.3 Å². The molecule has 0 aliphatic heterocycles. The standard InChI is InChI=1S/C20H25FN2O3.C18H23FN2O3.C15H15F3N2O3/c1-11(21)18-22-19(25)17-14(10-16(24)26-20(17)23-18)8-4-7-13-9-15(13)12-5-2-3-6-12;1-3-4-5-11-8-12(11)6-7-13-9-14(22)24-18-15(13)17(23)20-16(21-18)10(2)19;1-7(16)12-19-13(22)11-9(5-10(21)23-14(11)20-12)4-8-2-3-15(17,18)6-8/h10-13,15H,2-9H2,1H3,(H,22,23,25);9-12H,3-8H2,1-2H3,(H,20,21,23);5,7-8H,2-4,6H2,1H3,(H,19,20,22)/t;;7?,8-/m..1/s1. The highest BCUT2D eigenvalue weighted by Gasteiger charge is 2.43. The van der Waals surface area contributed by atoms with E-state index in [-0.39, 0.29) is 76.0 Å². The van der Waals surface area contributed by atoms with Gasteiger partial charge in [0, 0.05) is 31.0 Å². The first-order valence-electron chi connectivity index (χ1n) is 25.8. The van der Waals surface area contributed by atoms with E-state index in [4.69, 9.17) is 13.3 Å². The van der Waals surface area contributed by atoms with Gasteiger partial charge < -0.3 is 28.2 Å². The van der Waals surface area contributed by atoms with Crippen LogP contribution in [0.3, 0.4) is 0 Å². The smallest absolute Gasteiger partial charge is 0.337 e. The van der Waals surface area contributed by atoms with Crippen molar-refractivity contribution in [2.24, 2.45) is 35.5 Å². The van der Waals surface area contributed by atoms with Gasteiger partial charge in [0.05, 0.1) is 0 Å². The van der Waals surface area contributed by atoms with Crippen molar-refractivity contribution in [2.45, 2.75) is 168 Å². The summed E-state index contributed by atoms with van der Waals surface area (Å²) in [6, 6.07) is 3.86. The average molecular weight is 1020 g/mol.